The van der Waals surface area contributed by atoms with E-state index in [1.807, 2.05) is 24.3 Å². The molecule has 2 fully saturated rings. The van der Waals surface area contributed by atoms with Gasteiger partial charge < -0.3 is 10.2 Å². The first-order valence-corrected chi connectivity index (χ1v) is 15.9. The maximum atomic E-state index is 12.9. The van der Waals surface area contributed by atoms with Crippen LogP contribution in [0.4, 0.5) is 11.4 Å². The molecule has 0 unspecified atom stereocenters. The van der Waals surface area contributed by atoms with E-state index < -0.39 is 24.9 Å². The highest BCUT2D eigenvalue weighted by molar-refractivity contribution is 8.06. The second kappa shape index (κ2) is 10.3. The normalized spacial score (nSPS) is 18.7. The summed E-state index contributed by atoms with van der Waals surface area (Å²) in [6.07, 6.45) is 5.52. The summed E-state index contributed by atoms with van der Waals surface area (Å²) < 4.78 is 48.8. The molecule has 2 saturated heterocycles. The summed E-state index contributed by atoms with van der Waals surface area (Å²) in [5.41, 5.74) is 2.14. The van der Waals surface area contributed by atoms with E-state index in [0.717, 1.165) is 48.6 Å². The van der Waals surface area contributed by atoms with E-state index in [2.05, 4.69) is 15.2 Å². The lowest BCUT2D eigenvalue weighted by Crippen LogP contribution is -2.40. The van der Waals surface area contributed by atoms with Crippen LogP contribution in [0.15, 0.2) is 29.6 Å². The Balaban J connectivity index is 1.39. The van der Waals surface area contributed by atoms with Crippen molar-refractivity contribution >= 4 is 48.5 Å². The quantitative estimate of drug-likeness (QED) is 0.590. The number of carbonyl (C=O) groups excluding carboxylic acids is 1. The van der Waals surface area contributed by atoms with Crippen molar-refractivity contribution in [2.75, 3.05) is 47.7 Å². The number of sulfone groups is 1. The summed E-state index contributed by atoms with van der Waals surface area (Å²) in [4.78, 5) is 19.8. The number of sulfonamides is 1. The number of hydrogen-bond donors (Lipinski definition) is 1. The summed E-state index contributed by atoms with van der Waals surface area (Å²) >= 11 is 1.40. The molecule has 0 saturated carbocycles. The molecule has 4 rings (SSSR count). The lowest BCUT2D eigenvalue weighted by Gasteiger charge is -2.30. The first kappa shape index (κ1) is 25.1. The smallest absolute Gasteiger partial charge is 0.275 e. The van der Waals surface area contributed by atoms with Crippen molar-refractivity contribution in [2.24, 2.45) is 0 Å². The Kier molecular flexibility index (Phi) is 7.60. The number of benzene rings is 1. The van der Waals surface area contributed by atoms with Crippen LogP contribution in [-0.2, 0) is 19.9 Å². The van der Waals surface area contributed by atoms with Crippen LogP contribution in [-0.4, -0.2) is 69.6 Å². The molecule has 9 nitrogen and oxygen atoms in total. The van der Waals surface area contributed by atoms with Crippen molar-refractivity contribution in [3.63, 3.8) is 0 Å². The van der Waals surface area contributed by atoms with Gasteiger partial charge in [0.2, 0.25) is 10.0 Å². The molecule has 1 N–H and O–H groups in total. The molecule has 3 heterocycles. The van der Waals surface area contributed by atoms with Crippen LogP contribution in [0.2, 0.25) is 0 Å². The number of nitrogens with one attached hydrogen (secondary N) is 1. The Labute approximate surface area is 205 Å². The van der Waals surface area contributed by atoms with E-state index in [4.69, 9.17) is 0 Å². The van der Waals surface area contributed by atoms with E-state index in [1.54, 1.807) is 5.38 Å². The van der Waals surface area contributed by atoms with Crippen LogP contribution in [0.3, 0.4) is 0 Å². The average Bonchev–Trinajstić information content (AvgIpc) is 3.29. The first-order valence-electron chi connectivity index (χ1n) is 11.4. The van der Waals surface area contributed by atoms with E-state index in [0.29, 0.717) is 18.5 Å². The predicted octanol–water partition coefficient (Wildman–Crippen LogP) is 2.90. The average molecular weight is 527 g/mol. The lowest BCUT2D eigenvalue weighted by molar-refractivity contribution is 0.102. The molecule has 12 heteroatoms. The molecule has 1 aromatic heterocycles. The van der Waals surface area contributed by atoms with Crippen molar-refractivity contribution in [1.82, 2.24) is 9.29 Å². The van der Waals surface area contributed by atoms with E-state index in [1.165, 1.54) is 22.1 Å². The van der Waals surface area contributed by atoms with E-state index in [-0.39, 0.29) is 24.9 Å². The number of rotatable bonds is 7. The molecule has 0 spiro atoms. The Morgan fingerprint density at radius 3 is 2.41 bits per heavy atom. The third kappa shape index (κ3) is 6.15. The van der Waals surface area contributed by atoms with Gasteiger partial charge in [0.15, 0.2) is 14.9 Å². The number of thiazole rings is 1. The molecule has 2 aromatic rings. The Morgan fingerprint density at radius 2 is 1.74 bits per heavy atom. The minimum atomic E-state index is -3.84. The Bertz CT molecular complexity index is 1230. The number of para-hydroxylation sites is 2. The minimum absolute atomic E-state index is 0.0388. The second-order valence-electron chi connectivity index (χ2n) is 8.92. The molecule has 0 atom stereocenters. The highest BCUT2D eigenvalue weighted by atomic mass is 32.3. The van der Waals surface area contributed by atoms with Gasteiger partial charge in [0, 0.05) is 43.7 Å². The largest absolute Gasteiger partial charge is 0.370 e. The van der Waals surface area contributed by atoms with Crippen LogP contribution < -0.4 is 10.2 Å². The number of nitrogens with zero attached hydrogens (tertiary/aromatic N) is 3. The van der Waals surface area contributed by atoms with Gasteiger partial charge in [-0.15, -0.1) is 11.3 Å². The van der Waals surface area contributed by atoms with E-state index in [9.17, 15) is 21.6 Å². The third-order valence-electron chi connectivity index (χ3n) is 6.16. The van der Waals surface area contributed by atoms with Crippen molar-refractivity contribution in [2.45, 2.75) is 38.0 Å². The lowest BCUT2D eigenvalue weighted by atomic mass is 9.99. The summed E-state index contributed by atoms with van der Waals surface area (Å²) in [6.45, 7) is 2.44. The summed E-state index contributed by atoms with van der Waals surface area (Å²) in [6, 6.07) is 7.81. The van der Waals surface area contributed by atoms with Gasteiger partial charge in [-0.05, 0) is 44.2 Å². The van der Waals surface area contributed by atoms with Gasteiger partial charge in [0.1, 0.15) is 5.69 Å². The van der Waals surface area contributed by atoms with Crippen molar-refractivity contribution < 1.29 is 21.6 Å². The van der Waals surface area contributed by atoms with Crippen molar-refractivity contribution in [3.05, 3.63) is 40.3 Å². The van der Waals surface area contributed by atoms with Crippen LogP contribution in [0.1, 0.15) is 53.5 Å². The number of aromatic nitrogens is 1. The highest BCUT2D eigenvalue weighted by Gasteiger charge is 2.32. The summed E-state index contributed by atoms with van der Waals surface area (Å²) in [5, 5.41) is 4.68. The molecule has 34 heavy (non-hydrogen) atoms. The zero-order valence-corrected chi connectivity index (χ0v) is 21.6. The molecule has 0 bridgehead atoms. The van der Waals surface area contributed by atoms with Crippen LogP contribution in [0, 0.1) is 0 Å². The van der Waals surface area contributed by atoms with Gasteiger partial charge in [-0.25, -0.2) is 26.1 Å². The van der Waals surface area contributed by atoms with Gasteiger partial charge in [-0.1, -0.05) is 12.1 Å². The molecule has 186 valence electrons. The van der Waals surface area contributed by atoms with Crippen molar-refractivity contribution in [3.8, 4) is 0 Å². The number of carbonyl (C=O) groups is 1. The van der Waals surface area contributed by atoms with Crippen LogP contribution in [0.5, 0.6) is 0 Å². The fraction of sp³-hybridized carbons (Fsp3) is 0.545. The molecule has 0 aliphatic carbocycles. The number of hydrogen-bond acceptors (Lipinski definition) is 8. The van der Waals surface area contributed by atoms with Gasteiger partial charge >= 0.3 is 0 Å². The predicted molar refractivity (Wildman–Crippen MR) is 135 cm³/mol. The third-order valence-corrected chi connectivity index (χ3v) is 11.2. The van der Waals surface area contributed by atoms with Crippen LogP contribution in [0.25, 0.3) is 0 Å². The maximum absolute atomic E-state index is 12.9. The Hall–Kier alpha value is -2.02. The number of piperidine rings is 2. The molecular weight excluding hydrogens is 496 g/mol. The van der Waals surface area contributed by atoms with Gasteiger partial charge in [-0.3, -0.25) is 4.79 Å². The van der Waals surface area contributed by atoms with Gasteiger partial charge in [-0.2, -0.15) is 0 Å². The molecule has 2 aliphatic heterocycles. The first-order chi connectivity index (χ1) is 16.1. The number of amides is 1. The topological polar surface area (TPSA) is 117 Å². The fourth-order valence-corrected chi connectivity index (χ4v) is 8.98. The van der Waals surface area contributed by atoms with Gasteiger partial charge in [0.05, 0.1) is 16.4 Å². The summed E-state index contributed by atoms with van der Waals surface area (Å²) in [7, 11) is -7.47. The molecule has 1 amide bonds. The zero-order chi connectivity index (χ0) is 24.3. The van der Waals surface area contributed by atoms with E-state index >= 15 is 0 Å². The molecule has 1 aromatic carbocycles. The zero-order valence-electron chi connectivity index (χ0n) is 19.1. The highest BCUT2D eigenvalue weighted by Crippen LogP contribution is 2.32. The van der Waals surface area contributed by atoms with Crippen LogP contribution >= 0.6 is 11.3 Å². The molecule has 0 radical (unpaired) electrons. The molecule has 2 aliphatic rings. The number of anilines is 2. The fourth-order valence-electron chi connectivity index (χ4n) is 4.48. The Morgan fingerprint density at radius 1 is 1.06 bits per heavy atom. The standard InChI is InChI=1S/C22H30N4O5S3/c1-33(28,29)16-34(30,31)26-13-9-17(10-14-26)22-24-19(15-32-22)21(27)23-18-7-3-4-8-20(18)25-11-5-2-6-12-25/h3-4,7-8,15,17H,2,5-6,9-14,16H2,1H3,(H,23,27). The summed E-state index contributed by atoms with van der Waals surface area (Å²) in [5.74, 6) is -0.225. The minimum Gasteiger partial charge on any atom is -0.370 e. The SMILES string of the molecule is CS(=O)(=O)CS(=O)(=O)N1CCC(c2nc(C(=O)Nc3ccccc3N3CCCCC3)cs2)CC1. The maximum Gasteiger partial charge on any atom is 0.275 e. The van der Waals surface area contributed by atoms with Gasteiger partial charge in [0.25, 0.3) is 5.91 Å². The second-order valence-corrected chi connectivity index (χ2v) is 14.3. The molecular formula is C22H30N4O5S3. The van der Waals surface area contributed by atoms with Crippen molar-refractivity contribution in [1.29, 1.82) is 0 Å². The monoisotopic (exact) mass is 526 g/mol.